The molecule has 0 saturated heterocycles. The van der Waals surface area contributed by atoms with Gasteiger partial charge in [-0.05, 0) is 24.3 Å². The Balaban J connectivity index is 1.89. The second kappa shape index (κ2) is 7.93. The summed E-state index contributed by atoms with van der Waals surface area (Å²) in [7, 11) is 3.14. The maximum atomic E-state index is 12.0. The Labute approximate surface area is 130 Å². The van der Waals surface area contributed by atoms with E-state index < -0.39 is 0 Å². The smallest absolute Gasteiger partial charge is 0.226 e. The molecule has 0 spiro atoms. The third kappa shape index (κ3) is 4.41. The molecule has 0 aliphatic rings. The van der Waals surface area contributed by atoms with Gasteiger partial charge < -0.3 is 20.1 Å². The number of methoxy groups -OCH3 is 2. The van der Waals surface area contributed by atoms with Crippen LogP contribution in [0.2, 0.25) is 0 Å². The number of carbonyl (C=O) groups excluding carboxylic acids is 1. The van der Waals surface area contributed by atoms with Crippen molar-refractivity contribution in [2.24, 2.45) is 0 Å². The average molecular weight is 300 g/mol. The molecule has 22 heavy (non-hydrogen) atoms. The van der Waals surface area contributed by atoms with Crippen molar-refractivity contribution in [3.63, 3.8) is 0 Å². The van der Waals surface area contributed by atoms with Gasteiger partial charge in [0.15, 0.2) is 0 Å². The van der Waals surface area contributed by atoms with Crippen LogP contribution in [0.5, 0.6) is 11.5 Å². The summed E-state index contributed by atoms with van der Waals surface area (Å²) in [4.78, 5) is 12.0. The molecule has 2 rings (SSSR count). The van der Waals surface area contributed by atoms with Gasteiger partial charge in [-0.15, -0.1) is 0 Å². The molecule has 0 aliphatic heterocycles. The van der Waals surface area contributed by atoms with Crippen molar-refractivity contribution in [2.75, 3.05) is 31.4 Å². The number of nitrogens with one attached hydrogen (secondary N) is 2. The van der Waals surface area contributed by atoms with E-state index in [1.165, 1.54) is 0 Å². The molecule has 2 N–H and O–H groups in total. The number of amides is 1. The van der Waals surface area contributed by atoms with Gasteiger partial charge >= 0.3 is 0 Å². The van der Waals surface area contributed by atoms with Gasteiger partial charge in [0.25, 0.3) is 0 Å². The van der Waals surface area contributed by atoms with Crippen LogP contribution in [0, 0.1) is 0 Å². The zero-order chi connectivity index (χ0) is 15.8. The van der Waals surface area contributed by atoms with Crippen LogP contribution in [0.25, 0.3) is 0 Å². The highest BCUT2D eigenvalue weighted by Crippen LogP contribution is 2.28. The number of hydrogen-bond donors (Lipinski definition) is 2. The van der Waals surface area contributed by atoms with Gasteiger partial charge in [0.1, 0.15) is 11.5 Å². The third-order valence-electron chi connectivity index (χ3n) is 3.14. The molecule has 0 aromatic heterocycles. The zero-order valence-corrected chi connectivity index (χ0v) is 12.8. The van der Waals surface area contributed by atoms with Crippen molar-refractivity contribution in [1.29, 1.82) is 0 Å². The van der Waals surface area contributed by atoms with Crippen LogP contribution in [0.4, 0.5) is 11.4 Å². The Morgan fingerprint density at radius 3 is 2.50 bits per heavy atom. The summed E-state index contributed by atoms with van der Waals surface area (Å²) in [5.74, 6) is 1.18. The van der Waals surface area contributed by atoms with Crippen molar-refractivity contribution in [2.45, 2.75) is 6.42 Å². The number of ether oxygens (including phenoxy) is 2. The average Bonchev–Trinajstić information content (AvgIpc) is 2.55. The number of para-hydroxylation sites is 1. The van der Waals surface area contributed by atoms with Crippen molar-refractivity contribution in [3.8, 4) is 11.5 Å². The van der Waals surface area contributed by atoms with Crippen LogP contribution in [0.15, 0.2) is 48.5 Å². The van der Waals surface area contributed by atoms with E-state index in [0.717, 1.165) is 5.69 Å². The first-order chi connectivity index (χ1) is 10.7. The lowest BCUT2D eigenvalue weighted by Crippen LogP contribution is -2.16. The molecule has 0 aliphatic carbocycles. The first-order valence-electron chi connectivity index (χ1n) is 7.03. The molecule has 0 radical (unpaired) electrons. The van der Waals surface area contributed by atoms with E-state index in [1.54, 1.807) is 32.4 Å². The van der Waals surface area contributed by atoms with Crippen LogP contribution in [-0.4, -0.2) is 26.7 Å². The fraction of sp³-hybridized carbons (Fsp3) is 0.235. The zero-order valence-electron chi connectivity index (χ0n) is 12.8. The molecule has 0 heterocycles. The summed E-state index contributed by atoms with van der Waals surface area (Å²) in [5, 5.41) is 6.03. The first-order valence-corrected chi connectivity index (χ1v) is 7.03. The van der Waals surface area contributed by atoms with Gasteiger partial charge in [-0.2, -0.15) is 0 Å². The molecular weight excluding hydrogens is 280 g/mol. The predicted octanol–water partition coefficient (Wildman–Crippen LogP) is 3.14. The van der Waals surface area contributed by atoms with Gasteiger partial charge in [0.2, 0.25) is 5.91 Å². The summed E-state index contributed by atoms with van der Waals surface area (Å²) in [6, 6.07) is 15.1. The van der Waals surface area contributed by atoms with Crippen LogP contribution >= 0.6 is 0 Å². The van der Waals surface area contributed by atoms with E-state index >= 15 is 0 Å². The molecule has 0 bridgehead atoms. The molecular formula is C17H20N2O3. The quantitative estimate of drug-likeness (QED) is 0.824. The molecule has 2 aromatic rings. The summed E-state index contributed by atoms with van der Waals surface area (Å²) in [6.45, 7) is 0.558. The molecule has 0 saturated carbocycles. The summed E-state index contributed by atoms with van der Waals surface area (Å²) < 4.78 is 10.4. The molecule has 5 nitrogen and oxygen atoms in total. The highest BCUT2D eigenvalue weighted by Gasteiger charge is 2.09. The summed E-state index contributed by atoms with van der Waals surface area (Å²) >= 11 is 0. The van der Waals surface area contributed by atoms with Crippen LogP contribution in [0.1, 0.15) is 6.42 Å². The second-order valence-corrected chi connectivity index (χ2v) is 4.66. The normalized spacial score (nSPS) is 9.91. The molecule has 116 valence electrons. The first kappa shape index (κ1) is 15.7. The van der Waals surface area contributed by atoms with Gasteiger partial charge in [0.05, 0.1) is 19.9 Å². The number of anilines is 2. The minimum atomic E-state index is -0.0880. The number of benzene rings is 2. The molecule has 0 atom stereocenters. The maximum absolute atomic E-state index is 12.0. The SMILES string of the molecule is COc1ccc(OC)c(NC(=O)CCNc2ccccc2)c1. The molecule has 0 unspecified atom stereocenters. The fourth-order valence-electron chi connectivity index (χ4n) is 2.00. The number of carbonyl (C=O) groups is 1. The lowest BCUT2D eigenvalue weighted by atomic mass is 10.2. The van der Waals surface area contributed by atoms with E-state index in [9.17, 15) is 4.79 Å². The molecule has 2 aromatic carbocycles. The second-order valence-electron chi connectivity index (χ2n) is 4.66. The van der Waals surface area contributed by atoms with E-state index in [-0.39, 0.29) is 5.91 Å². The van der Waals surface area contributed by atoms with Gasteiger partial charge in [-0.1, -0.05) is 18.2 Å². The molecule has 5 heteroatoms. The third-order valence-corrected chi connectivity index (χ3v) is 3.14. The van der Waals surface area contributed by atoms with Gasteiger partial charge in [-0.25, -0.2) is 0 Å². The van der Waals surface area contributed by atoms with Crippen molar-refractivity contribution < 1.29 is 14.3 Å². The predicted molar refractivity (Wildman–Crippen MR) is 87.7 cm³/mol. The Morgan fingerprint density at radius 1 is 1.05 bits per heavy atom. The fourth-order valence-corrected chi connectivity index (χ4v) is 2.00. The minimum absolute atomic E-state index is 0.0880. The maximum Gasteiger partial charge on any atom is 0.226 e. The van der Waals surface area contributed by atoms with Crippen molar-refractivity contribution in [1.82, 2.24) is 0 Å². The van der Waals surface area contributed by atoms with Crippen molar-refractivity contribution in [3.05, 3.63) is 48.5 Å². The number of rotatable bonds is 7. The Hall–Kier alpha value is -2.69. The lowest BCUT2D eigenvalue weighted by molar-refractivity contribution is -0.115. The Morgan fingerprint density at radius 2 is 1.82 bits per heavy atom. The lowest BCUT2D eigenvalue weighted by Gasteiger charge is -2.12. The van der Waals surface area contributed by atoms with E-state index in [1.807, 2.05) is 30.3 Å². The van der Waals surface area contributed by atoms with Gasteiger partial charge in [-0.3, -0.25) is 4.79 Å². The largest absolute Gasteiger partial charge is 0.497 e. The standard InChI is InChI=1S/C17H20N2O3/c1-21-14-8-9-16(22-2)15(12-14)19-17(20)10-11-18-13-6-4-3-5-7-13/h3-9,12,18H,10-11H2,1-2H3,(H,19,20). The highest BCUT2D eigenvalue weighted by molar-refractivity contribution is 5.92. The van der Waals surface area contributed by atoms with E-state index in [4.69, 9.17) is 9.47 Å². The van der Waals surface area contributed by atoms with E-state index in [0.29, 0.717) is 30.2 Å². The van der Waals surface area contributed by atoms with Gasteiger partial charge in [0, 0.05) is 24.7 Å². The highest BCUT2D eigenvalue weighted by atomic mass is 16.5. The monoisotopic (exact) mass is 300 g/mol. The molecule has 0 fully saturated rings. The van der Waals surface area contributed by atoms with E-state index in [2.05, 4.69) is 10.6 Å². The Bertz CT molecular complexity index is 615. The Kier molecular flexibility index (Phi) is 5.65. The minimum Gasteiger partial charge on any atom is -0.497 e. The molecule has 1 amide bonds. The van der Waals surface area contributed by atoms with Crippen LogP contribution in [-0.2, 0) is 4.79 Å². The topological polar surface area (TPSA) is 59.6 Å². The van der Waals surface area contributed by atoms with Crippen LogP contribution in [0.3, 0.4) is 0 Å². The van der Waals surface area contributed by atoms with Crippen LogP contribution < -0.4 is 20.1 Å². The summed E-state index contributed by atoms with van der Waals surface area (Å²) in [6.07, 6.45) is 0.356. The van der Waals surface area contributed by atoms with Crippen molar-refractivity contribution >= 4 is 17.3 Å². The number of hydrogen-bond acceptors (Lipinski definition) is 4. The summed E-state index contributed by atoms with van der Waals surface area (Å²) in [5.41, 5.74) is 1.60.